The Morgan fingerprint density at radius 3 is 2.57 bits per heavy atom. The third-order valence-electron chi connectivity index (χ3n) is 4.04. The first kappa shape index (κ1) is 14.2. The summed E-state index contributed by atoms with van der Waals surface area (Å²) in [5, 5.41) is 6.20. The number of halogens is 3. The molecule has 1 unspecified atom stereocenters. The van der Waals surface area contributed by atoms with Crippen LogP contribution in [0, 0.1) is 0 Å². The van der Waals surface area contributed by atoms with Crippen molar-refractivity contribution in [3.63, 3.8) is 0 Å². The van der Waals surface area contributed by atoms with E-state index in [1.165, 1.54) is 6.07 Å². The molecule has 0 amide bonds. The third kappa shape index (κ3) is 2.57. The average Bonchev–Trinajstić information content (AvgIpc) is 2.84. The molecule has 2 N–H and O–H groups in total. The van der Waals surface area contributed by atoms with E-state index in [-0.39, 0.29) is 6.04 Å². The van der Waals surface area contributed by atoms with Gasteiger partial charge in [-0.05, 0) is 44.1 Å². The van der Waals surface area contributed by atoms with Crippen molar-refractivity contribution in [2.24, 2.45) is 0 Å². The third-order valence-corrected chi connectivity index (χ3v) is 4.04. The Morgan fingerprint density at radius 1 is 1.24 bits per heavy atom. The molecule has 2 heterocycles. The van der Waals surface area contributed by atoms with Crippen molar-refractivity contribution >= 4 is 17.7 Å². The van der Waals surface area contributed by atoms with Crippen molar-refractivity contribution in [2.75, 3.05) is 23.3 Å². The molecule has 0 spiro atoms. The number of benzene rings is 1. The van der Waals surface area contributed by atoms with Crippen LogP contribution in [0.3, 0.4) is 0 Å². The number of piperidine rings is 1. The molecule has 21 heavy (non-hydrogen) atoms. The lowest BCUT2D eigenvalue weighted by atomic mass is 10.0. The summed E-state index contributed by atoms with van der Waals surface area (Å²) in [6.07, 6.45) is -2.61. The molecule has 2 aliphatic heterocycles. The van der Waals surface area contributed by atoms with Crippen LogP contribution in [0.15, 0.2) is 18.2 Å². The molecule has 1 aromatic rings. The zero-order valence-corrected chi connectivity index (χ0v) is 11.3. The van der Waals surface area contributed by atoms with E-state index in [2.05, 4.69) is 10.6 Å². The second-order valence-electron chi connectivity index (χ2n) is 5.34. The maximum atomic E-state index is 12.9. The normalized spacial score (nSPS) is 22.8. The van der Waals surface area contributed by atoms with Crippen molar-refractivity contribution in [1.29, 1.82) is 0 Å². The highest BCUT2D eigenvalue weighted by atomic mass is 19.4. The summed E-state index contributed by atoms with van der Waals surface area (Å²) in [6, 6.07) is 3.64. The summed E-state index contributed by atoms with van der Waals surface area (Å²) in [4.78, 5) is 13.1. The van der Waals surface area contributed by atoms with Crippen molar-refractivity contribution in [2.45, 2.75) is 31.2 Å². The quantitative estimate of drug-likeness (QED) is 0.822. The molecular weight excluding hydrogens is 283 g/mol. The van der Waals surface area contributed by atoms with E-state index in [0.29, 0.717) is 11.4 Å². The summed E-state index contributed by atoms with van der Waals surface area (Å²) in [7, 11) is 0. The molecule has 0 radical (unpaired) electrons. The van der Waals surface area contributed by atoms with Gasteiger partial charge in [0.15, 0.2) is 12.5 Å². The first-order valence-electron chi connectivity index (χ1n) is 6.93. The number of nitrogens with zero attached hydrogens (tertiary/aromatic N) is 1. The minimum Gasteiger partial charge on any atom is -0.358 e. The molecule has 1 saturated heterocycles. The number of anilines is 2. The van der Waals surface area contributed by atoms with Crippen LogP contribution < -0.4 is 15.5 Å². The molecule has 1 aromatic carbocycles. The molecule has 1 fully saturated rings. The smallest absolute Gasteiger partial charge is 0.358 e. The van der Waals surface area contributed by atoms with Crippen LogP contribution in [0.25, 0.3) is 0 Å². The highest BCUT2D eigenvalue weighted by molar-refractivity contribution is 5.85. The Labute approximate surface area is 120 Å². The van der Waals surface area contributed by atoms with Gasteiger partial charge in [0.25, 0.3) is 0 Å². The Balaban J connectivity index is 1.98. The number of nitrogens with one attached hydrogen (secondary N) is 2. The molecule has 0 aromatic heterocycles. The number of fused-ring (bicyclic) bond motifs is 1. The van der Waals surface area contributed by atoms with E-state index in [9.17, 15) is 18.0 Å². The maximum Gasteiger partial charge on any atom is 0.416 e. The molecule has 0 bridgehead atoms. The molecule has 114 valence electrons. The van der Waals surface area contributed by atoms with E-state index in [4.69, 9.17) is 0 Å². The average molecular weight is 299 g/mol. The van der Waals surface area contributed by atoms with Crippen LogP contribution in [0.5, 0.6) is 0 Å². The SMILES string of the molecule is O=CC1Nc2ccc(C(F)(F)F)cc2N1C1CCNCC1. The standard InChI is InChI=1S/C14H16F3N3O/c15-14(16,17)9-1-2-11-12(7-9)20(13(8-21)19-11)10-3-5-18-6-4-10/h1-2,7-8,10,13,18-19H,3-6H2. The van der Waals surface area contributed by atoms with Gasteiger partial charge in [-0.15, -0.1) is 0 Å². The van der Waals surface area contributed by atoms with Gasteiger partial charge in [-0.3, -0.25) is 4.79 Å². The van der Waals surface area contributed by atoms with Crippen LogP contribution in [0.4, 0.5) is 24.5 Å². The van der Waals surface area contributed by atoms with Gasteiger partial charge in [0.1, 0.15) is 0 Å². The molecule has 2 aliphatic rings. The fraction of sp³-hybridized carbons (Fsp3) is 0.500. The number of aldehydes is 1. The minimum absolute atomic E-state index is 0.0682. The van der Waals surface area contributed by atoms with E-state index in [1.54, 1.807) is 4.90 Å². The van der Waals surface area contributed by atoms with Crippen LogP contribution in [-0.4, -0.2) is 31.6 Å². The molecule has 7 heteroatoms. The zero-order valence-electron chi connectivity index (χ0n) is 11.3. The molecule has 1 atom stereocenters. The van der Waals surface area contributed by atoms with Crippen LogP contribution >= 0.6 is 0 Å². The highest BCUT2D eigenvalue weighted by Crippen LogP contribution is 2.41. The fourth-order valence-corrected chi connectivity index (χ4v) is 3.03. The van der Waals surface area contributed by atoms with E-state index in [1.807, 2.05) is 0 Å². The monoisotopic (exact) mass is 299 g/mol. The Morgan fingerprint density at radius 2 is 1.95 bits per heavy atom. The first-order chi connectivity index (χ1) is 10.0. The number of carbonyl (C=O) groups excluding carboxylic acids is 1. The topological polar surface area (TPSA) is 44.4 Å². The van der Waals surface area contributed by atoms with E-state index >= 15 is 0 Å². The summed E-state index contributed by atoms with van der Waals surface area (Å²) in [5.41, 5.74) is 0.362. The molecular formula is C14H16F3N3O. The first-order valence-corrected chi connectivity index (χ1v) is 6.93. The second kappa shape index (κ2) is 5.22. The summed E-state index contributed by atoms with van der Waals surface area (Å²) >= 11 is 0. The number of carbonyl (C=O) groups is 1. The fourth-order valence-electron chi connectivity index (χ4n) is 3.03. The predicted molar refractivity (Wildman–Crippen MR) is 73.3 cm³/mol. The van der Waals surface area contributed by atoms with Crippen molar-refractivity contribution in [1.82, 2.24) is 5.32 Å². The van der Waals surface area contributed by atoms with Crippen LogP contribution in [0.2, 0.25) is 0 Å². The summed E-state index contributed by atoms with van der Waals surface area (Å²) in [5.74, 6) is 0. The Hall–Kier alpha value is -1.76. The van der Waals surface area contributed by atoms with Gasteiger partial charge in [0.2, 0.25) is 0 Å². The second-order valence-corrected chi connectivity index (χ2v) is 5.34. The van der Waals surface area contributed by atoms with Gasteiger partial charge < -0.3 is 15.5 Å². The molecule has 0 saturated carbocycles. The van der Waals surface area contributed by atoms with Crippen LogP contribution in [0.1, 0.15) is 18.4 Å². The largest absolute Gasteiger partial charge is 0.416 e. The molecule has 0 aliphatic carbocycles. The van der Waals surface area contributed by atoms with Crippen molar-refractivity contribution in [3.8, 4) is 0 Å². The number of hydrogen-bond acceptors (Lipinski definition) is 4. The van der Waals surface area contributed by atoms with Gasteiger partial charge in [0.05, 0.1) is 16.9 Å². The Bertz CT molecular complexity index is 541. The maximum absolute atomic E-state index is 12.9. The Kier molecular flexibility index (Phi) is 3.52. The van der Waals surface area contributed by atoms with E-state index < -0.39 is 17.9 Å². The lowest BCUT2D eigenvalue weighted by molar-refractivity contribution is -0.137. The van der Waals surface area contributed by atoms with Gasteiger partial charge in [-0.1, -0.05) is 0 Å². The van der Waals surface area contributed by atoms with Crippen molar-refractivity contribution in [3.05, 3.63) is 23.8 Å². The predicted octanol–water partition coefficient (Wildman–Crippen LogP) is 2.21. The summed E-state index contributed by atoms with van der Waals surface area (Å²) in [6.45, 7) is 1.61. The number of rotatable bonds is 2. The zero-order chi connectivity index (χ0) is 15.0. The van der Waals surface area contributed by atoms with Gasteiger partial charge in [-0.2, -0.15) is 13.2 Å². The van der Waals surface area contributed by atoms with Gasteiger partial charge in [-0.25, -0.2) is 0 Å². The summed E-state index contributed by atoms with van der Waals surface area (Å²) < 4.78 is 38.7. The highest BCUT2D eigenvalue weighted by Gasteiger charge is 2.37. The van der Waals surface area contributed by atoms with Crippen LogP contribution in [-0.2, 0) is 11.0 Å². The lowest BCUT2D eigenvalue weighted by Gasteiger charge is -2.35. The number of alkyl halides is 3. The van der Waals surface area contributed by atoms with E-state index in [0.717, 1.165) is 44.4 Å². The number of hydrogen-bond donors (Lipinski definition) is 2. The van der Waals surface area contributed by atoms with Gasteiger partial charge in [0, 0.05) is 6.04 Å². The molecule has 4 nitrogen and oxygen atoms in total. The van der Waals surface area contributed by atoms with Gasteiger partial charge >= 0.3 is 6.18 Å². The van der Waals surface area contributed by atoms with Crippen molar-refractivity contribution < 1.29 is 18.0 Å². The lowest BCUT2D eigenvalue weighted by Crippen LogP contribution is -2.48. The minimum atomic E-state index is -4.38. The molecule has 3 rings (SSSR count).